The highest BCUT2D eigenvalue weighted by Gasteiger charge is 2.15. The number of aryl methyl sites for hydroxylation is 2. The van der Waals surface area contributed by atoms with Gasteiger partial charge in [0.1, 0.15) is 5.75 Å². The number of pyridine rings is 1. The monoisotopic (exact) mass is 227 g/mol. The van der Waals surface area contributed by atoms with Crippen LogP contribution in [0.4, 0.5) is 0 Å². The Morgan fingerprint density at radius 1 is 1.24 bits per heavy atom. The van der Waals surface area contributed by atoms with Gasteiger partial charge >= 0.3 is 0 Å². The maximum Gasteiger partial charge on any atom is 0.162 e. The van der Waals surface area contributed by atoms with Crippen molar-refractivity contribution >= 4 is 21.9 Å². The van der Waals surface area contributed by atoms with E-state index >= 15 is 0 Å². The highest BCUT2D eigenvalue weighted by molar-refractivity contribution is 6.00. The summed E-state index contributed by atoms with van der Waals surface area (Å²) in [6, 6.07) is 7.97. The lowest BCUT2D eigenvalue weighted by atomic mass is 10.1. The van der Waals surface area contributed by atoms with Crippen molar-refractivity contribution < 1.29 is 4.74 Å². The zero-order valence-corrected chi connectivity index (χ0v) is 10.1. The van der Waals surface area contributed by atoms with E-state index in [2.05, 4.69) is 10.1 Å². The van der Waals surface area contributed by atoms with Gasteiger partial charge in [0.2, 0.25) is 0 Å². The third kappa shape index (κ3) is 1.30. The van der Waals surface area contributed by atoms with E-state index in [1.54, 1.807) is 11.8 Å². The number of rotatable bonds is 1. The van der Waals surface area contributed by atoms with E-state index in [1.165, 1.54) is 0 Å². The molecule has 0 bridgehead atoms. The Kier molecular flexibility index (Phi) is 2.04. The number of para-hydroxylation sites is 1. The summed E-state index contributed by atoms with van der Waals surface area (Å²) in [7, 11) is 3.59. The van der Waals surface area contributed by atoms with E-state index in [-0.39, 0.29) is 0 Å². The Labute approximate surface area is 98.8 Å². The molecular formula is C13H13N3O. The minimum atomic E-state index is 0.858. The van der Waals surface area contributed by atoms with Crippen molar-refractivity contribution in [3.63, 3.8) is 0 Å². The summed E-state index contributed by atoms with van der Waals surface area (Å²) in [4.78, 5) is 4.63. The van der Waals surface area contributed by atoms with Crippen LogP contribution in [0.1, 0.15) is 5.69 Å². The average Bonchev–Trinajstić information content (AvgIpc) is 2.62. The van der Waals surface area contributed by atoms with E-state index in [1.807, 2.05) is 38.2 Å². The van der Waals surface area contributed by atoms with Crippen LogP contribution in [0.15, 0.2) is 24.3 Å². The summed E-state index contributed by atoms with van der Waals surface area (Å²) in [5.74, 6) is 0.858. The standard InChI is InChI=1S/C13H13N3O/c1-8-11-12(17-3)9-6-4-5-7-10(9)14-13(11)16(2)15-8/h4-7H,1-3H3. The van der Waals surface area contributed by atoms with E-state index in [0.717, 1.165) is 33.4 Å². The summed E-state index contributed by atoms with van der Waals surface area (Å²) in [5.41, 5.74) is 2.73. The molecule has 0 saturated heterocycles. The molecule has 0 N–H and O–H groups in total. The molecule has 0 aliphatic rings. The first kappa shape index (κ1) is 10.1. The lowest BCUT2D eigenvalue weighted by Gasteiger charge is -2.07. The number of hydrogen-bond donors (Lipinski definition) is 0. The fourth-order valence-corrected chi connectivity index (χ4v) is 2.26. The molecule has 3 aromatic rings. The molecule has 0 aliphatic carbocycles. The number of nitrogens with zero attached hydrogens (tertiary/aromatic N) is 3. The highest BCUT2D eigenvalue weighted by atomic mass is 16.5. The third-order valence-corrected chi connectivity index (χ3v) is 3.00. The van der Waals surface area contributed by atoms with Crippen molar-refractivity contribution in [3.8, 4) is 5.75 Å². The van der Waals surface area contributed by atoms with Crippen LogP contribution in [0, 0.1) is 6.92 Å². The molecule has 4 heteroatoms. The molecular weight excluding hydrogens is 214 g/mol. The van der Waals surface area contributed by atoms with Crippen molar-refractivity contribution in [2.24, 2.45) is 7.05 Å². The molecule has 2 heterocycles. The number of ether oxygens (including phenoxy) is 1. The average molecular weight is 227 g/mol. The van der Waals surface area contributed by atoms with Crippen molar-refractivity contribution in [2.45, 2.75) is 6.92 Å². The van der Waals surface area contributed by atoms with E-state index in [4.69, 9.17) is 4.74 Å². The maximum absolute atomic E-state index is 5.54. The molecule has 0 saturated carbocycles. The van der Waals surface area contributed by atoms with Gasteiger partial charge in [0, 0.05) is 12.4 Å². The second-order valence-electron chi connectivity index (χ2n) is 4.07. The predicted molar refractivity (Wildman–Crippen MR) is 67.3 cm³/mol. The topological polar surface area (TPSA) is 39.9 Å². The Balaban J connectivity index is 2.61. The number of methoxy groups -OCH3 is 1. The fraction of sp³-hybridized carbons (Fsp3) is 0.231. The molecule has 2 aromatic heterocycles. The van der Waals surface area contributed by atoms with Crippen molar-refractivity contribution in [3.05, 3.63) is 30.0 Å². The first-order chi connectivity index (χ1) is 8.22. The molecule has 0 unspecified atom stereocenters. The number of aromatic nitrogens is 3. The highest BCUT2D eigenvalue weighted by Crippen LogP contribution is 2.33. The van der Waals surface area contributed by atoms with Crippen LogP contribution in [0.5, 0.6) is 5.75 Å². The second-order valence-corrected chi connectivity index (χ2v) is 4.07. The van der Waals surface area contributed by atoms with Crippen LogP contribution in [-0.2, 0) is 7.05 Å². The van der Waals surface area contributed by atoms with E-state index < -0.39 is 0 Å². The minimum absolute atomic E-state index is 0.858. The van der Waals surface area contributed by atoms with Crippen LogP contribution in [0.3, 0.4) is 0 Å². The molecule has 0 atom stereocenters. The van der Waals surface area contributed by atoms with Crippen molar-refractivity contribution in [2.75, 3.05) is 7.11 Å². The summed E-state index contributed by atoms with van der Waals surface area (Å²) in [6.07, 6.45) is 0. The Hall–Kier alpha value is -2.10. The van der Waals surface area contributed by atoms with Gasteiger partial charge in [-0.25, -0.2) is 4.98 Å². The van der Waals surface area contributed by atoms with Crippen molar-refractivity contribution in [1.82, 2.24) is 14.8 Å². The van der Waals surface area contributed by atoms with Gasteiger partial charge in [0.25, 0.3) is 0 Å². The van der Waals surface area contributed by atoms with Gasteiger partial charge in [0.15, 0.2) is 5.65 Å². The summed E-state index contributed by atoms with van der Waals surface area (Å²) >= 11 is 0. The number of hydrogen-bond acceptors (Lipinski definition) is 3. The fourth-order valence-electron chi connectivity index (χ4n) is 2.26. The van der Waals surface area contributed by atoms with Crippen LogP contribution in [-0.4, -0.2) is 21.9 Å². The van der Waals surface area contributed by atoms with E-state index in [0.29, 0.717) is 0 Å². The lowest BCUT2D eigenvalue weighted by molar-refractivity contribution is 0.424. The zero-order chi connectivity index (χ0) is 12.0. The van der Waals surface area contributed by atoms with Gasteiger partial charge in [-0.2, -0.15) is 5.10 Å². The third-order valence-electron chi connectivity index (χ3n) is 3.00. The molecule has 4 nitrogen and oxygen atoms in total. The van der Waals surface area contributed by atoms with Crippen LogP contribution in [0.25, 0.3) is 21.9 Å². The molecule has 0 fully saturated rings. The smallest absolute Gasteiger partial charge is 0.162 e. The minimum Gasteiger partial charge on any atom is -0.495 e. The van der Waals surface area contributed by atoms with Gasteiger partial charge < -0.3 is 4.74 Å². The van der Waals surface area contributed by atoms with E-state index in [9.17, 15) is 0 Å². The summed E-state index contributed by atoms with van der Waals surface area (Å²) < 4.78 is 7.33. The molecule has 0 aliphatic heterocycles. The van der Waals surface area contributed by atoms with Gasteiger partial charge in [-0.15, -0.1) is 0 Å². The molecule has 86 valence electrons. The van der Waals surface area contributed by atoms with Crippen LogP contribution in [0.2, 0.25) is 0 Å². The molecule has 0 amide bonds. The maximum atomic E-state index is 5.54. The predicted octanol–water partition coefficient (Wildman–Crippen LogP) is 2.44. The molecule has 1 aromatic carbocycles. The molecule has 0 radical (unpaired) electrons. The Morgan fingerprint density at radius 3 is 2.76 bits per heavy atom. The number of benzene rings is 1. The SMILES string of the molecule is COc1c2ccccc2nc2c1c(C)nn2C. The zero-order valence-electron chi connectivity index (χ0n) is 10.1. The van der Waals surface area contributed by atoms with Crippen molar-refractivity contribution in [1.29, 1.82) is 0 Å². The number of fused-ring (bicyclic) bond motifs is 2. The Morgan fingerprint density at radius 2 is 2.00 bits per heavy atom. The van der Waals surface area contributed by atoms with Crippen LogP contribution >= 0.6 is 0 Å². The molecule has 0 spiro atoms. The lowest BCUT2D eigenvalue weighted by Crippen LogP contribution is -1.94. The van der Waals surface area contributed by atoms with Gasteiger partial charge in [-0.3, -0.25) is 4.68 Å². The van der Waals surface area contributed by atoms with Gasteiger partial charge in [-0.05, 0) is 19.1 Å². The molecule has 17 heavy (non-hydrogen) atoms. The molecule has 3 rings (SSSR count). The van der Waals surface area contributed by atoms with Crippen LogP contribution < -0.4 is 4.74 Å². The summed E-state index contributed by atoms with van der Waals surface area (Å²) in [6.45, 7) is 1.97. The van der Waals surface area contributed by atoms with Gasteiger partial charge in [-0.1, -0.05) is 12.1 Å². The van der Waals surface area contributed by atoms with Gasteiger partial charge in [0.05, 0.1) is 23.7 Å². The first-order valence-electron chi connectivity index (χ1n) is 5.48. The first-order valence-corrected chi connectivity index (χ1v) is 5.48. The summed E-state index contributed by atoms with van der Waals surface area (Å²) in [5, 5.41) is 6.42. The second kappa shape index (κ2) is 3.45. The quantitative estimate of drug-likeness (QED) is 0.641. The Bertz CT molecular complexity index is 715. The largest absolute Gasteiger partial charge is 0.495 e. The normalized spacial score (nSPS) is 11.2.